The topological polar surface area (TPSA) is 67.8 Å². The van der Waals surface area contributed by atoms with E-state index >= 15 is 0 Å². The number of carbonyl (C=O) groups excluding carboxylic acids is 1. The molecule has 0 aliphatic carbocycles. The highest BCUT2D eigenvalue weighted by Crippen LogP contribution is 2.30. The molecule has 0 heterocycles. The van der Waals surface area contributed by atoms with E-state index in [1.807, 2.05) is 6.92 Å². The quantitative estimate of drug-likeness (QED) is 0.788. The van der Waals surface area contributed by atoms with E-state index in [1.54, 1.807) is 25.1 Å². The number of ether oxygens (including phenoxy) is 2. The minimum absolute atomic E-state index is 0.0512. The van der Waals surface area contributed by atoms with Crippen molar-refractivity contribution in [1.29, 1.82) is 0 Å². The maximum Gasteiger partial charge on any atom is 0.257 e. The van der Waals surface area contributed by atoms with Crippen LogP contribution in [-0.2, 0) is 4.79 Å². The van der Waals surface area contributed by atoms with Crippen LogP contribution < -0.4 is 14.8 Å². The van der Waals surface area contributed by atoms with Gasteiger partial charge in [0.25, 0.3) is 5.91 Å². The SMILES string of the molecule is CCCNC(=O)COc1ccc(C(C)O)cc1OC. The molecule has 1 aromatic carbocycles. The molecule has 0 fully saturated rings. The van der Waals surface area contributed by atoms with Gasteiger partial charge in [-0.15, -0.1) is 0 Å². The Labute approximate surface area is 113 Å². The highest BCUT2D eigenvalue weighted by Gasteiger charge is 2.10. The largest absolute Gasteiger partial charge is 0.493 e. The lowest BCUT2D eigenvalue weighted by Crippen LogP contribution is -2.29. The van der Waals surface area contributed by atoms with Gasteiger partial charge in [-0.3, -0.25) is 4.79 Å². The maximum atomic E-state index is 11.4. The molecule has 1 unspecified atom stereocenters. The van der Waals surface area contributed by atoms with E-state index in [-0.39, 0.29) is 12.5 Å². The van der Waals surface area contributed by atoms with Gasteiger partial charge < -0.3 is 19.9 Å². The summed E-state index contributed by atoms with van der Waals surface area (Å²) in [6, 6.07) is 5.13. The summed E-state index contributed by atoms with van der Waals surface area (Å²) in [5, 5.41) is 12.2. The molecule has 0 radical (unpaired) electrons. The smallest absolute Gasteiger partial charge is 0.257 e. The van der Waals surface area contributed by atoms with E-state index in [0.29, 0.717) is 18.0 Å². The van der Waals surface area contributed by atoms with Crippen LogP contribution in [0.25, 0.3) is 0 Å². The van der Waals surface area contributed by atoms with Gasteiger partial charge in [0.05, 0.1) is 13.2 Å². The number of aliphatic hydroxyl groups is 1. The molecule has 0 aliphatic heterocycles. The minimum Gasteiger partial charge on any atom is -0.493 e. The molecule has 1 atom stereocenters. The monoisotopic (exact) mass is 267 g/mol. The molecule has 0 saturated heterocycles. The third kappa shape index (κ3) is 4.79. The molecule has 5 heteroatoms. The van der Waals surface area contributed by atoms with Crippen molar-refractivity contribution in [3.63, 3.8) is 0 Å². The zero-order chi connectivity index (χ0) is 14.3. The molecule has 1 amide bonds. The second-order valence-corrected chi connectivity index (χ2v) is 4.22. The van der Waals surface area contributed by atoms with Crippen molar-refractivity contribution < 1.29 is 19.4 Å². The van der Waals surface area contributed by atoms with Crippen molar-refractivity contribution in [2.75, 3.05) is 20.3 Å². The molecule has 19 heavy (non-hydrogen) atoms. The molecular weight excluding hydrogens is 246 g/mol. The zero-order valence-electron chi connectivity index (χ0n) is 11.6. The number of hydrogen-bond acceptors (Lipinski definition) is 4. The Hall–Kier alpha value is -1.75. The molecular formula is C14H21NO4. The Bertz CT molecular complexity index is 418. The first-order valence-electron chi connectivity index (χ1n) is 6.34. The first kappa shape index (κ1) is 15.3. The van der Waals surface area contributed by atoms with E-state index in [4.69, 9.17) is 9.47 Å². The van der Waals surface area contributed by atoms with Crippen LogP contribution in [0.2, 0.25) is 0 Å². The van der Waals surface area contributed by atoms with E-state index in [0.717, 1.165) is 12.0 Å². The average Bonchev–Trinajstić information content (AvgIpc) is 2.42. The number of hydrogen-bond donors (Lipinski definition) is 2. The molecule has 1 rings (SSSR count). The second kappa shape index (κ2) is 7.63. The van der Waals surface area contributed by atoms with Crippen LogP contribution in [0.15, 0.2) is 18.2 Å². The van der Waals surface area contributed by atoms with E-state index in [1.165, 1.54) is 7.11 Å². The fourth-order valence-corrected chi connectivity index (χ4v) is 1.52. The van der Waals surface area contributed by atoms with Crippen molar-refractivity contribution in [1.82, 2.24) is 5.32 Å². The summed E-state index contributed by atoms with van der Waals surface area (Å²) in [5.74, 6) is 0.823. The first-order chi connectivity index (χ1) is 9.08. The van der Waals surface area contributed by atoms with E-state index < -0.39 is 6.10 Å². The van der Waals surface area contributed by atoms with Gasteiger partial charge in [-0.25, -0.2) is 0 Å². The van der Waals surface area contributed by atoms with Gasteiger partial charge in [-0.2, -0.15) is 0 Å². The summed E-state index contributed by atoms with van der Waals surface area (Å²) in [6.07, 6.45) is 0.314. The number of carbonyl (C=O) groups is 1. The Morgan fingerprint density at radius 3 is 2.74 bits per heavy atom. The van der Waals surface area contributed by atoms with Crippen LogP contribution in [0.1, 0.15) is 31.9 Å². The summed E-state index contributed by atoms with van der Waals surface area (Å²) in [5.41, 5.74) is 0.736. The van der Waals surface area contributed by atoms with Gasteiger partial charge in [-0.1, -0.05) is 13.0 Å². The van der Waals surface area contributed by atoms with Crippen molar-refractivity contribution in [3.8, 4) is 11.5 Å². The molecule has 5 nitrogen and oxygen atoms in total. The maximum absolute atomic E-state index is 11.4. The zero-order valence-corrected chi connectivity index (χ0v) is 11.6. The van der Waals surface area contributed by atoms with Crippen LogP contribution in [0.5, 0.6) is 11.5 Å². The molecule has 106 valence electrons. The number of rotatable bonds is 7. The van der Waals surface area contributed by atoms with Gasteiger partial charge >= 0.3 is 0 Å². The number of benzene rings is 1. The molecule has 2 N–H and O–H groups in total. The molecule has 1 aromatic rings. The highest BCUT2D eigenvalue weighted by atomic mass is 16.5. The normalized spacial score (nSPS) is 11.8. The summed E-state index contributed by atoms with van der Waals surface area (Å²) in [4.78, 5) is 11.4. The molecule has 0 saturated carbocycles. The fraction of sp³-hybridized carbons (Fsp3) is 0.500. The van der Waals surface area contributed by atoms with Crippen LogP contribution in [0.3, 0.4) is 0 Å². The highest BCUT2D eigenvalue weighted by molar-refractivity contribution is 5.77. The number of aliphatic hydroxyl groups excluding tert-OH is 1. The minimum atomic E-state index is -0.573. The Kier molecular flexibility index (Phi) is 6.15. The van der Waals surface area contributed by atoms with Crippen LogP contribution >= 0.6 is 0 Å². The van der Waals surface area contributed by atoms with E-state index in [9.17, 15) is 9.90 Å². The summed E-state index contributed by atoms with van der Waals surface area (Å²) >= 11 is 0. The van der Waals surface area contributed by atoms with Crippen LogP contribution in [-0.4, -0.2) is 31.3 Å². The standard InChI is InChI=1S/C14H21NO4/c1-4-7-15-14(17)9-19-12-6-5-11(10(2)16)8-13(12)18-3/h5-6,8,10,16H,4,7,9H2,1-3H3,(H,15,17). The van der Waals surface area contributed by atoms with Crippen molar-refractivity contribution in [2.24, 2.45) is 0 Å². The lowest BCUT2D eigenvalue weighted by atomic mass is 10.1. The Balaban J connectivity index is 2.65. The van der Waals surface area contributed by atoms with Crippen LogP contribution in [0.4, 0.5) is 0 Å². The van der Waals surface area contributed by atoms with Gasteiger partial charge in [0.15, 0.2) is 18.1 Å². The number of methoxy groups -OCH3 is 1. The number of nitrogens with one attached hydrogen (secondary N) is 1. The first-order valence-corrected chi connectivity index (χ1v) is 6.34. The lowest BCUT2D eigenvalue weighted by Gasteiger charge is -2.13. The molecule has 0 aromatic heterocycles. The third-order valence-electron chi connectivity index (χ3n) is 2.60. The van der Waals surface area contributed by atoms with Crippen molar-refractivity contribution >= 4 is 5.91 Å². The van der Waals surface area contributed by atoms with Crippen molar-refractivity contribution in [3.05, 3.63) is 23.8 Å². The second-order valence-electron chi connectivity index (χ2n) is 4.22. The predicted octanol–water partition coefficient (Wildman–Crippen LogP) is 1.65. The molecule has 0 spiro atoms. The van der Waals surface area contributed by atoms with Crippen LogP contribution in [0, 0.1) is 0 Å². The summed E-state index contributed by atoms with van der Waals surface area (Å²) < 4.78 is 10.6. The predicted molar refractivity (Wildman–Crippen MR) is 72.4 cm³/mol. The molecule has 0 aliphatic rings. The van der Waals surface area contributed by atoms with Crippen molar-refractivity contribution in [2.45, 2.75) is 26.4 Å². The summed E-state index contributed by atoms with van der Waals surface area (Å²) in [6.45, 7) is 4.25. The summed E-state index contributed by atoms with van der Waals surface area (Å²) in [7, 11) is 1.52. The third-order valence-corrected chi connectivity index (χ3v) is 2.60. The average molecular weight is 267 g/mol. The molecule has 0 bridgehead atoms. The Morgan fingerprint density at radius 2 is 2.16 bits per heavy atom. The van der Waals surface area contributed by atoms with Gasteiger partial charge in [0.2, 0.25) is 0 Å². The van der Waals surface area contributed by atoms with Gasteiger partial charge in [0.1, 0.15) is 0 Å². The van der Waals surface area contributed by atoms with Gasteiger partial charge in [0, 0.05) is 6.54 Å². The lowest BCUT2D eigenvalue weighted by molar-refractivity contribution is -0.123. The van der Waals surface area contributed by atoms with Gasteiger partial charge in [-0.05, 0) is 31.0 Å². The number of amides is 1. The fourth-order valence-electron chi connectivity index (χ4n) is 1.52. The van der Waals surface area contributed by atoms with E-state index in [2.05, 4.69) is 5.32 Å². The Morgan fingerprint density at radius 1 is 1.42 bits per heavy atom.